The van der Waals surface area contributed by atoms with Crippen molar-refractivity contribution >= 4 is 43.5 Å². The fourth-order valence-electron chi connectivity index (χ4n) is 2.31. The lowest BCUT2D eigenvalue weighted by Gasteiger charge is -2.19. The summed E-state index contributed by atoms with van der Waals surface area (Å²) in [7, 11) is 0. The van der Waals surface area contributed by atoms with Gasteiger partial charge in [-0.05, 0) is 65.0 Å². The fraction of sp³-hybridized carbons (Fsp3) is 0.316. The Hall–Kier alpha value is -1.33. The summed E-state index contributed by atoms with van der Waals surface area (Å²) in [6, 6.07) is 13.5. The lowest BCUT2D eigenvalue weighted by molar-refractivity contribution is -0.122. The Kier molecular flexibility index (Phi) is 6.87. The molecule has 128 valence electrons. The predicted octanol–water partition coefficient (Wildman–Crippen LogP) is 6.13. The summed E-state index contributed by atoms with van der Waals surface area (Å²) in [6.45, 7) is 6.04. The Morgan fingerprint density at radius 1 is 1.17 bits per heavy atom. The normalized spacial score (nSPS) is 13.2. The third-order valence-corrected chi connectivity index (χ3v) is 5.04. The van der Waals surface area contributed by atoms with E-state index in [1.165, 1.54) is 0 Å². The van der Waals surface area contributed by atoms with Crippen molar-refractivity contribution < 1.29 is 9.53 Å². The molecule has 0 aliphatic rings. The zero-order chi connectivity index (χ0) is 17.7. The van der Waals surface area contributed by atoms with Crippen LogP contribution in [0.15, 0.2) is 51.4 Å². The molecule has 0 radical (unpaired) electrons. The van der Waals surface area contributed by atoms with Gasteiger partial charge in [0.05, 0.1) is 4.47 Å². The van der Waals surface area contributed by atoms with Crippen LogP contribution in [-0.2, 0) is 4.79 Å². The van der Waals surface area contributed by atoms with Crippen molar-refractivity contribution in [1.82, 2.24) is 0 Å². The van der Waals surface area contributed by atoms with E-state index in [2.05, 4.69) is 57.1 Å². The average Bonchev–Trinajstić information content (AvgIpc) is 2.57. The van der Waals surface area contributed by atoms with Gasteiger partial charge in [0.2, 0.25) is 0 Å². The van der Waals surface area contributed by atoms with Crippen LogP contribution >= 0.6 is 31.9 Å². The van der Waals surface area contributed by atoms with E-state index in [1.807, 2.05) is 36.4 Å². The number of hydrogen-bond acceptors (Lipinski definition) is 2. The molecule has 0 saturated heterocycles. The minimum Gasteiger partial charge on any atom is -0.480 e. The van der Waals surface area contributed by atoms with Crippen molar-refractivity contribution in [3.8, 4) is 5.75 Å². The molecule has 0 aromatic heterocycles. The summed E-state index contributed by atoms with van der Waals surface area (Å²) < 4.78 is 7.53. The van der Waals surface area contributed by atoms with Crippen LogP contribution in [0.5, 0.6) is 5.75 Å². The number of rotatable bonds is 6. The van der Waals surface area contributed by atoms with Gasteiger partial charge < -0.3 is 10.1 Å². The van der Waals surface area contributed by atoms with Crippen LogP contribution < -0.4 is 10.1 Å². The monoisotopic (exact) mass is 453 g/mol. The van der Waals surface area contributed by atoms with Crippen LogP contribution in [0.2, 0.25) is 0 Å². The van der Waals surface area contributed by atoms with Crippen LogP contribution in [0.1, 0.15) is 38.7 Å². The minimum absolute atomic E-state index is 0.166. The second-order valence-corrected chi connectivity index (χ2v) is 7.49. The van der Waals surface area contributed by atoms with Crippen molar-refractivity contribution in [2.75, 3.05) is 5.32 Å². The maximum atomic E-state index is 12.5. The van der Waals surface area contributed by atoms with Gasteiger partial charge in [-0.2, -0.15) is 0 Å². The first kappa shape index (κ1) is 19.0. The molecule has 0 heterocycles. The highest BCUT2D eigenvalue weighted by atomic mass is 79.9. The highest BCUT2D eigenvalue weighted by Gasteiger charge is 2.18. The Labute approximate surface area is 160 Å². The standard InChI is InChI=1S/C19H21Br2NO2/c1-4-12(2)15-7-5-6-8-17(15)22-19(23)13(3)24-18-10-9-14(20)11-16(18)21/h5-13H,4H2,1-3H3,(H,22,23)/t12-,13-/m0/s1. The van der Waals surface area contributed by atoms with Gasteiger partial charge in [-0.25, -0.2) is 0 Å². The molecule has 2 rings (SSSR count). The Morgan fingerprint density at radius 2 is 1.88 bits per heavy atom. The molecule has 2 aromatic rings. The van der Waals surface area contributed by atoms with Crippen LogP contribution in [0.4, 0.5) is 5.69 Å². The van der Waals surface area contributed by atoms with Gasteiger partial charge in [0.15, 0.2) is 6.10 Å². The second kappa shape index (κ2) is 8.67. The molecule has 24 heavy (non-hydrogen) atoms. The van der Waals surface area contributed by atoms with Crippen LogP contribution in [-0.4, -0.2) is 12.0 Å². The van der Waals surface area contributed by atoms with Gasteiger partial charge in [-0.3, -0.25) is 4.79 Å². The molecule has 0 aliphatic heterocycles. The molecule has 0 saturated carbocycles. The van der Waals surface area contributed by atoms with Gasteiger partial charge in [0.1, 0.15) is 5.75 Å². The van der Waals surface area contributed by atoms with Gasteiger partial charge in [-0.15, -0.1) is 0 Å². The van der Waals surface area contributed by atoms with Gasteiger partial charge >= 0.3 is 0 Å². The van der Waals surface area contributed by atoms with Gasteiger partial charge in [0, 0.05) is 10.2 Å². The summed E-state index contributed by atoms with van der Waals surface area (Å²) in [6.07, 6.45) is 0.414. The highest BCUT2D eigenvalue weighted by molar-refractivity contribution is 9.11. The number of nitrogens with one attached hydrogen (secondary N) is 1. The number of ether oxygens (including phenoxy) is 1. The number of carbonyl (C=O) groups is 1. The molecule has 0 unspecified atom stereocenters. The Morgan fingerprint density at radius 3 is 2.54 bits per heavy atom. The van der Waals surface area contributed by atoms with Crippen molar-refractivity contribution in [1.29, 1.82) is 0 Å². The zero-order valence-corrected chi connectivity index (χ0v) is 17.1. The molecule has 1 N–H and O–H groups in total. The maximum Gasteiger partial charge on any atom is 0.265 e. The van der Waals surface area contributed by atoms with E-state index in [1.54, 1.807) is 6.92 Å². The molecule has 0 bridgehead atoms. The highest BCUT2D eigenvalue weighted by Crippen LogP contribution is 2.30. The summed E-state index contributed by atoms with van der Waals surface area (Å²) in [4.78, 5) is 12.5. The van der Waals surface area contributed by atoms with Crippen LogP contribution in [0, 0.1) is 0 Å². The van der Waals surface area contributed by atoms with E-state index in [-0.39, 0.29) is 5.91 Å². The third-order valence-electron chi connectivity index (χ3n) is 3.93. The molecule has 0 fully saturated rings. The van der Waals surface area contributed by atoms with Gasteiger partial charge in [0.25, 0.3) is 5.91 Å². The first-order valence-electron chi connectivity index (χ1n) is 7.93. The van der Waals surface area contributed by atoms with E-state index < -0.39 is 6.10 Å². The molecule has 2 aromatic carbocycles. The lowest BCUT2D eigenvalue weighted by atomic mass is 9.97. The van der Waals surface area contributed by atoms with E-state index in [0.717, 1.165) is 26.6 Å². The number of benzene rings is 2. The molecule has 1 amide bonds. The smallest absolute Gasteiger partial charge is 0.265 e. The molecule has 5 heteroatoms. The summed E-state index contributed by atoms with van der Waals surface area (Å²) in [5, 5.41) is 2.99. The predicted molar refractivity (Wildman–Crippen MR) is 106 cm³/mol. The molecule has 0 spiro atoms. The molecule has 2 atom stereocenters. The number of anilines is 1. The molecular formula is C19H21Br2NO2. The summed E-state index contributed by atoms with van der Waals surface area (Å²) >= 11 is 6.84. The first-order chi connectivity index (χ1) is 11.4. The van der Waals surface area contributed by atoms with E-state index in [0.29, 0.717) is 11.7 Å². The Bertz CT molecular complexity index is 718. The number of carbonyl (C=O) groups excluding carboxylic acids is 1. The third kappa shape index (κ3) is 4.84. The number of hydrogen-bond donors (Lipinski definition) is 1. The van der Waals surface area contributed by atoms with E-state index >= 15 is 0 Å². The summed E-state index contributed by atoms with van der Waals surface area (Å²) in [5.41, 5.74) is 1.99. The van der Waals surface area contributed by atoms with Crippen molar-refractivity contribution in [3.63, 3.8) is 0 Å². The quantitative estimate of drug-likeness (QED) is 0.569. The fourth-order valence-corrected chi connectivity index (χ4v) is 3.45. The topological polar surface area (TPSA) is 38.3 Å². The lowest BCUT2D eigenvalue weighted by Crippen LogP contribution is -2.30. The first-order valence-corrected chi connectivity index (χ1v) is 9.52. The summed E-state index contributed by atoms with van der Waals surface area (Å²) in [5.74, 6) is 0.856. The molecular weight excluding hydrogens is 434 g/mol. The largest absolute Gasteiger partial charge is 0.480 e. The zero-order valence-electron chi connectivity index (χ0n) is 14.0. The molecule has 3 nitrogen and oxygen atoms in total. The number of amides is 1. The maximum absolute atomic E-state index is 12.5. The van der Waals surface area contributed by atoms with Crippen molar-refractivity contribution in [2.24, 2.45) is 0 Å². The number of para-hydroxylation sites is 1. The van der Waals surface area contributed by atoms with E-state index in [9.17, 15) is 4.79 Å². The average molecular weight is 455 g/mol. The SMILES string of the molecule is CC[C@H](C)c1ccccc1NC(=O)[C@H](C)Oc1ccc(Br)cc1Br. The minimum atomic E-state index is -0.604. The van der Waals surface area contributed by atoms with Crippen LogP contribution in [0.3, 0.4) is 0 Å². The van der Waals surface area contributed by atoms with E-state index in [4.69, 9.17) is 4.74 Å². The number of halogens is 2. The second-order valence-electron chi connectivity index (χ2n) is 5.72. The Balaban J connectivity index is 2.09. The van der Waals surface area contributed by atoms with Crippen molar-refractivity contribution in [2.45, 2.75) is 39.2 Å². The van der Waals surface area contributed by atoms with Crippen molar-refractivity contribution in [3.05, 3.63) is 57.0 Å². The van der Waals surface area contributed by atoms with Gasteiger partial charge in [-0.1, -0.05) is 48.0 Å². The molecule has 0 aliphatic carbocycles. The van der Waals surface area contributed by atoms with Crippen LogP contribution in [0.25, 0.3) is 0 Å².